The lowest BCUT2D eigenvalue weighted by Crippen LogP contribution is -2.29. The molecule has 0 aromatic heterocycles. The van der Waals surface area contributed by atoms with Gasteiger partial charge in [-0.15, -0.1) is 0 Å². The number of methoxy groups -OCH3 is 1. The minimum atomic E-state index is -0.970. The average Bonchev–Trinajstić information content (AvgIpc) is 3.13. The van der Waals surface area contributed by atoms with Crippen LogP contribution in [0.3, 0.4) is 0 Å². The van der Waals surface area contributed by atoms with Crippen LogP contribution in [0.15, 0.2) is 78.4 Å². The molecule has 1 aliphatic heterocycles. The SMILES string of the molecule is CCCOc1cccc(N2C(=O)C(=O)/C(=C(/O)c3ccc(F)cc3)C2c2ccccc2OC)c1. The minimum absolute atomic E-state index is 0.110. The molecular weight excluding hydrogens is 437 g/mol. The normalized spacial score (nSPS) is 17.1. The maximum atomic E-state index is 13.5. The Balaban J connectivity index is 1.92. The number of aliphatic hydroxyl groups excluding tert-OH is 1. The lowest BCUT2D eigenvalue weighted by molar-refractivity contribution is -0.132. The van der Waals surface area contributed by atoms with E-state index in [-0.39, 0.29) is 11.1 Å². The first-order valence-electron chi connectivity index (χ1n) is 10.9. The first-order chi connectivity index (χ1) is 16.5. The molecule has 0 spiro atoms. The molecule has 7 heteroatoms. The molecule has 34 heavy (non-hydrogen) atoms. The summed E-state index contributed by atoms with van der Waals surface area (Å²) >= 11 is 0. The zero-order valence-electron chi connectivity index (χ0n) is 18.8. The Labute approximate surface area is 196 Å². The fourth-order valence-corrected chi connectivity index (χ4v) is 3.99. The summed E-state index contributed by atoms with van der Waals surface area (Å²) in [6, 6.07) is 18.0. The minimum Gasteiger partial charge on any atom is -0.507 e. The van der Waals surface area contributed by atoms with E-state index in [1.54, 1.807) is 48.5 Å². The summed E-state index contributed by atoms with van der Waals surface area (Å²) in [5, 5.41) is 11.1. The third kappa shape index (κ3) is 4.24. The zero-order valence-corrected chi connectivity index (χ0v) is 18.8. The molecule has 174 valence electrons. The number of hydrogen-bond acceptors (Lipinski definition) is 5. The Bertz CT molecular complexity index is 1250. The van der Waals surface area contributed by atoms with E-state index < -0.39 is 29.3 Å². The van der Waals surface area contributed by atoms with Gasteiger partial charge in [-0.1, -0.05) is 31.2 Å². The quantitative estimate of drug-likeness (QED) is 0.296. The summed E-state index contributed by atoms with van der Waals surface area (Å²) in [7, 11) is 1.49. The topological polar surface area (TPSA) is 76.1 Å². The van der Waals surface area contributed by atoms with Crippen molar-refractivity contribution in [2.45, 2.75) is 19.4 Å². The van der Waals surface area contributed by atoms with Crippen molar-refractivity contribution in [3.63, 3.8) is 0 Å². The zero-order chi connectivity index (χ0) is 24.2. The van der Waals surface area contributed by atoms with Gasteiger partial charge in [0.25, 0.3) is 11.7 Å². The van der Waals surface area contributed by atoms with Crippen LogP contribution >= 0.6 is 0 Å². The van der Waals surface area contributed by atoms with Gasteiger partial charge in [-0.25, -0.2) is 4.39 Å². The second kappa shape index (κ2) is 9.79. The number of nitrogens with zero attached hydrogens (tertiary/aromatic N) is 1. The number of hydrogen-bond donors (Lipinski definition) is 1. The van der Waals surface area contributed by atoms with E-state index in [4.69, 9.17) is 9.47 Å². The third-order valence-electron chi connectivity index (χ3n) is 5.56. The van der Waals surface area contributed by atoms with Gasteiger partial charge in [0.2, 0.25) is 0 Å². The van der Waals surface area contributed by atoms with Crippen LogP contribution < -0.4 is 14.4 Å². The molecule has 6 nitrogen and oxygen atoms in total. The van der Waals surface area contributed by atoms with Gasteiger partial charge in [-0.2, -0.15) is 0 Å². The smallest absolute Gasteiger partial charge is 0.300 e. The Morgan fingerprint density at radius 3 is 2.47 bits per heavy atom. The highest BCUT2D eigenvalue weighted by Gasteiger charge is 2.48. The van der Waals surface area contributed by atoms with Crippen molar-refractivity contribution in [3.05, 3.63) is 95.3 Å². The number of aliphatic hydroxyl groups is 1. The van der Waals surface area contributed by atoms with Crippen LogP contribution in [0.25, 0.3) is 5.76 Å². The highest BCUT2D eigenvalue weighted by Crippen LogP contribution is 2.45. The summed E-state index contributed by atoms with van der Waals surface area (Å²) in [4.78, 5) is 27.9. The van der Waals surface area contributed by atoms with E-state index in [1.165, 1.54) is 36.3 Å². The predicted octanol–water partition coefficient (Wildman–Crippen LogP) is 5.25. The molecule has 3 aromatic carbocycles. The summed E-state index contributed by atoms with van der Waals surface area (Å²) in [6.45, 7) is 2.49. The van der Waals surface area contributed by atoms with Crippen LogP contribution in [0.1, 0.15) is 30.5 Å². The van der Waals surface area contributed by atoms with Crippen molar-refractivity contribution in [2.75, 3.05) is 18.6 Å². The number of ketones is 1. The molecule has 1 N–H and O–H groups in total. The number of rotatable bonds is 7. The molecule has 0 bridgehead atoms. The maximum absolute atomic E-state index is 13.5. The van der Waals surface area contributed by atoms with Crippen LogP contribution in [-0.4, -0.2) is 30.5 Å². The van der Waals surface area contributed by atoms with E-state index in [1.807, 2.05) is 6.92 Å². The summed E-state index contributed by atoms with van der Waals surface area (Å²) < 4.78 is 24.7. The van der Waals surface area contributed by atoms with Crippen molar-refractivity contribution in [1.29, 1.82) is 0 Å². The van der Waals surface area contributed by atoms with Gasteiger partial charge < -0.3 is 14.6 Å². The number of amides is 1. The first kappa shape index (κ1) is 23.0. The van der Waals surface area contributed by atoms with Gasteiger partial charge in [0.05, 0.1) is 25.3 Å². The number of anilines is 1. The molecule has 1 saturated heterocycles. The van der Waals surface area contributed by atoms with E-state index in [9.17, 15) is 19.1 Å². The van der Waals surface area contributed by atoms with Gasteiger partial charge >= 0.3 is 0 Å². The number of ether oxygens (including phenoxy) is 2. The molecule has 0 saturated carbocycles. The molecule has 1 aliphatic rings. The van der Waals surface area contributed by atoms with Gasteiger partial charge in [-0.3, -0.25) is 14.5 Å². The van der Waals surface area contributed by atoms with Gasteiger partial charge in [0.15, 0.2) is 0 Å². The van der Waals surface area contributed by atoms with Crippen molar-refractivity contribution in [3.8, 4) is 11.5 Å². The van der Waals surface area contributed by atoms with Crippen LogP contribution in [0.4, 0.5) is 10.1 Å². The molecule has 1 heterocycles. The summed E-state index contributed by atoms with van der Waals surface area (Å²) in [5.74, 6) is -1.52. The van der Waals surface area contributed by atoms with Gasteiger partial charge in [-0.05, 0) is 48.9 Å². The van der Waals surface area contributed by atoms with E-state index in [0.717, 1.165) is 6.42 Å². The summed E-state index contributed by atoms with van der Waals surface area (Å²) in [6.07, 6.45) is 0.813. The second-order valence-electron chi connectivity index (χ2n) is 7.76. The van der Waals surface area contributed by atoms with Crippen molar-refractivity contribution >= 4 is 23.1 Å². The highest BCUT2D eigenvalue weighted by molar-refractivity contribution is 6.51. The van der Waals surface area contributed by atoms with Crippen LogP contribution in [0, 0.1) is 5.82 Å². The second-order valence-corrected chi connectivity index (χ2v) is 7.76. The lowest BCUT2D eigenvalue weighted by atomic mass is 9.94. The van der Waals surface area contributed by atoms with Crippen LogP contribution in [-0.2, 0) is 9.59 Å². The van der Waals surface area contributed by atoms with E-state index in [0.29, 0.717) is 29.4 Å². The largest absolute Gasteiger partial charge is 0.507 e. The molecule has 3 aromatic rings. The monoisotopic (exact) mass is 461 g/mol. The third-order valence-corrected chi connectivity index (χ3v) is 5.56. The fraction of sp³-hybridized carbons (Fsp3) is 0.185. The van der Waals surface area contributed by atoms with E-state index in [2.05, 4.69) is 0 Å². The maximum Gasteiger partial charge on any atom is 0.300 e. The number of halogens is 1. The predicted molar refractivity (Wildman–Crippen MR) is 126 cm³/mol. The molecule has 0 aliphatic carbocycles. The molecule has 0 radical (unpaired) electrons. The Hall–Kier alpha value is -4.13. The molecule has 1 atom stereocenters. The van der Waals surface area contributed by atoms with E-state index >= 15 is 0 Å². The van der Waals surface area contributed by atoms with Crippen LogP contribution in [0.2, 0.25) is 0 Å². The van der Waals surface area contributed by atoms with Crippen LogP contribution in [0.5, 0.6) is 11.5 Å². The highest BCUT2D eigenvalue weighted by atomic mass is 19.1. The molecule has 4 rings (SSSR count). The Kier molecular flexibility index (Phi) is 6.63. The molecule has 1 amide bonds. The van der Waals surface area contributed by atoms with Gasteiger partial charge in [0, 0.05) is 22.9 Å². The molecule has 1 fully saturated rings. The fourth-order valence-electron chi connectivity index (χ4n) is 3.99. The molecular formula is C27H24FNO5. The number of carbonyl (C=O) groups is 2. The van der Waals surface area contributed by atoms with Crippen molar-refractivity contribution < 1.29 is 28.6 Å². The Morgan fingerprint density at radius 1 is 1.03 bits per heavy atom. The van der Waals surface area contributed by atoms with Crippen molar-refractivity contribution in [1.82, 2.24) is 0 Å². The standard InChI is InChI=1S/C27H24FNO5/c1-3-15-34-20-8-6-7-19(16-20)29-24(21-9-4-5-10-22(21)33-2)23(26(31)27(29)32)25(30)17-11-13-18(28)14-12-17/h4-14,16,24,30H,3,15H2,1-2H3/b25-23+. The molecule has 1 unspecified atom stereocenters. The first-order valence-corrected chi connectivity index (χ1v) is 10.9. The lowest BCUT2D eigenvalue weighted by Gasteiger charge is -2.27. The number of carbonyl (C=O) groups excluding carboxylic acids is 2. The average molecular weight is 461 g/mol. The number of benzene rings is 3. The summed E-state index contributed by atoms with van der Waals surface area (Å²) in [5.41, 5.74) is 1.07. The number of Topliss-reactive ketones (excluding diaryl/α,β-unsaturated/α-hetero) is 1. The Morgan fingerprint density at radius 2 is 1.76 bits per heavy atom. The van der Waals surface area contributed by atoms with Crippen molar-refractivity contribution in [2.24, 2.45) is 0 Å². The van der Waals surface area contributed by atoms with Gasteiger partial charge in [0.1, 0.15) is 23.1 Å². The number of para-hydroxylation sites is 1.